The Morgan fingerprint density at radius 2 is 2.05 bits per heavy atom. The van der Waals surface area contributed by atoms with Crippen molar-refractivity contribution in [3.63, 3.8) is 0 Å². The Morgan fingerprint density at radius 1 is 1.35 bits per heavy atom. The zero-order valence-corrected chi connectivity index (χ0v) is 11.1. The van der Waals surface area contributed by atoms with Crippen molar-refractivity contribution in [2.75, 3.05) is 17.8 Å². The van der Waals surface area contributed by atoms with Crippen LogP contribution in [0.15, 0.2) is 12.1 Å². The van der Waals surface area contributed by atoms with Crippen LogP contribution in [0.4, 0.5) is 11.4 Å². The zero-order chi connectivity index (χ0) is 14.3. The first-order valence-electron chi connectivity index (χ1n) is 6.08. The van der Waals surface area contributed by atoms with Crippen LogP contribution >= 0.6 is 0 Å². The molecule has 0 spiro atoms. The predicted molar refractivity (Wildman–Crippen MR) is 73.0 cm³/mol. The van der Waals surface area contributed by atoms with Crippen LogP contribution in [0.25, 0.3) is 0 Å². The van der Waals surface area contributed by atoms with Gasteiger partial charge in [-0.3, -0.25) is 9.89 Å². The minimum absolute atomic E-state index is 0.139. The van der Waals surface area contributed by atoms with Crippen molar-refractivity contribution >= 4 is 17.3 Å². The summed E-state index contributed by atoms with van der Waals surface area (Å²) in [7, 11) is 0. The first-order valence-corrected chi connectivity index (χ1v) is 6.08. The number of amides is 1. The highest BCUT2D eigenvalue weighted by atomic mass is 16.7. The first-order chi connectivity index (χ1) is 9.56. The highest BCUT2D eigenvalue weighted by Crippen LogP contribution is 2.36. The normalized spacial score (nSPS) is 12.5. The summed E-state index contributed by atoms with van der Waals surface area (Å²) < 4.78 is 10.5. The van der Waals surface area contributed by atoms with Gasteiger partial charge in [0.25, 0.3) is 5.91 Å². The molecular formula is C13H14N4O3. The Labute approximate surface area is 115 Å². The van der Waals surface area contributed by atoms with Crippen LogP contribution in [0.3, 0.4) is 0 Å². The Balaban J connectivity index is 1.92. The van der Waals surface area contributed by atoms with Gasteiger partial charge < -0.3 is 20.5 Å². The number of nitrogens with zero attached hydrogens (tertiary/aromatic N) is 1. The zero-order valence-electron chi connectivity index (χ0n) is 11.1. The average Bonchev–Trinajstić information content (AvgIpc) is 2.98. The lowest BCUT2D eigenvalue weighted by molar-refractivity contribution is 0.102. The van der Waals surface area contributed by atoms with E-state index < -0.39 is 0 Å². The van der Waals surface area contributed by atoms with Gasteiger partial charge in [0.1, 0.15) is 0 Å². The number of aromatic amines is 1. The van der Waals surface area contributed by atoms with Crippen LogP contribution in [0.1, 0.15) is 21.7 Å². The quantitative estimate of drug-likeness (QED) is 0.722. The molecule has 0 saturated carbocycles. The summed E-state index contributed by atoms with van der Waals surface area (Å²) in [6.45, 7) is 3.78. The van der Waals surface area contributed by atoms with E-state index in [1.54, 1.807) is 12.1 Å². The molecule has 1 aliphatic heterocycles. The van der Waals surface area contributed by atoms with Gasteiger partial charge >= 0.3 is 0 Å². The van der Waals surface area contributed by atoms with E-state index in [1.807, 2.05) is 13.8 Å². The van der Waals surface area contributed by atoms with Gasteiger partial charge in [0.2, 0.25) is 6.79 Å². The van der Waals surface area contributed by atoms with Gasteiger partial charge in [-0.25, -0.2) is 0 Å². The number of aromatic nitrogens is 2. The lowest BCUT2D eigenvalue weighted by atomic mass is 10.1. The van der Waals surface area contributed by atoms with Crippen LogP contribution < -0.4 is 20.5 Å². The van der Waals surface area contributed by atoms with Crippen LogP contribution in [-0.4, -0.2) is 22.9 Å². The van der Waals surface area contributed by atoms with E-state index in [2.05, 4.69) is 15.5 Å². The first kappa shape index (κ1) is 12.3. The maximum Gasteiger partial charge on any atom is 0.257 e. The number of anilines is 2. The number of hydrogen-bond donors (Lipinski definition) is 3. The molecule has 2 heterocycles. The van der Waals surface area contributed by atoms with Crippen LogP contribution in [0.5, 0.6) is 11.5 Å². The maximum absolute atomic E-state index is 12.3. The van der Waals surface area contributed by atoms with Gasteiger partial charge in [-0.1, -0.05) is 0 Å². The number of nitrogens with one attached hydrogen (secondary N) is 2. The maximum atomic E-state index is 12.3. The number of fused-ring (bicyclic) bond motifs is 1. The van der Waals surface area contributed by atoms with E-state index in [0.717, 1.165) is 11.4 Å². The molecule has 1 aromatic carbocycles. The highest BCUT2D eigenvalue weighted by molar-refractivity contribution is 6.08. The summed E-state index contributed by atoms with van der Waals surface area (Å²) in [5.74, 6) is 0.758. The Morgan fingerprint density at radius 3 is 2.70 bits per heavy atom. The molecule has 1 aliphatic rings. The summed E-state index contributed by atoms with van der Waals surface area (Å²) in [5.41, 5.74) is 8.72. The molecule has 2 aromatic rings. The molecule has 0 fully saturated rings. The molecule has 1 aromatic heterocycles. The summed E-state index contributed by atoms with van der Waals surface area (Å²) in [4.78, 5) is 12.3. The number of aryl methyl sites for hydroxylation is 2. The Hall–Kier alpha value is -2.70. The number of ether oxygens (including phenoxy) is 2. The number of hydrogen-bond acceptors (Lipinski definition) is 5. The van der Waals surface area contributed by atoms with Crippen molar-refractivity contribution in [3.8, 4) is 11.5 Å². The Bertz CT molecular complexity index is 674. The molecule has 104 valence electrons. The lowest BCUT2D eigenvalue weighted by Crippen LogP contribution is -2.15. The van der Waals surface area contributed by atoms with Gasteiger partial charge in [0.15, 0.2) is 11.5 Å². The van der Waals surface area contributed by atoms with Crippen molar-refractivity contribution in [3.05, 3.63) is 29.1 Å². The number of benzene rings is 1. The third-order valence-corrected chi connectivity index (χ3v) is 3.16. The average molecular weight is 274 g/mol. The number of carbonyl (C=O) groups excluding carboxylic acids is 1. The predicted octanol–water partition coefficient (Wildman–Crippen LogP) is 1.59. The van der Waals surface area contributed by atoms with Gasteiger partial charge in [-0.05, 0) is 19.9 Å². The fourth-order valence-corrected chi connectivity index (χ4v) is 2.07. The lowest BCUT2D eigenvalue weighted by Gasteiger charge is -2.08. The third kappa shape index (κ3) is 1.93. The number of carbonyl (C=O) groups is 1. The molecule has 0 atom stereocenters. The van der Waals surface area contributed by atoms with Gasteiger partial charge in [-0.2, -0.15) is 5.10 Å². The van der Waals surface area contributed by atoms with Crippen molar-refractivity contribution < 1.29 is 14.3 Å². The highest BCUT2D eigenvalue weighted by Gasteiger charge is 2.20. The minimum Gasteiger partial charge on any atom is -0.454 e. The molecule has 0 unspecified atom stereocenters. The summed E-state index contributed by atoms with van der Waals surface area (Å²) in [5, 5.41) is 9.63. The molecule has 0 radical (unpaired) electrons. The largest absolute Gasteiger partial charge is 0.454 e. The second-order valence-corrected chi connectivity index (χ2v) is 4.56. The van der Waals surface area contributed by atoms with E-state index in [9.17, 15) is 4.79 Å². The van der Waals surface area contributed by atoms with Crippen molar-refractivity contribution in [2.24, 2.45) is 0 Å². The topological polar surface area (TPSA) is 102 Å². The molecule has 0 bridgehead atoms. The van der Waals surface area contributed by atoms with Crippen molar-refractivity contribution in [2.45, 2.75) is 13.8 Å². The molecule has 1 amide bonds. The fourth-order valence-electron chi connectivity index (χ4n) is 2.07. The van der Waals surface area contributed by atoms with Crippen LogP contribution in [0.2, 0.25) is 0 Å². The molecule has 4 N–H and O–H groups in total. The van der Waals surface area contributed by atoms with E-state index in [-0.39, 0.29) is 12.7 Å². The van der Waals surface area contributed by atoms with E-state index >= 15 is 0 Å². The van der Waals surface area contributed by atoms with Gasteiger partial charge in [0, 0.05) is 11.8 Å². The second kappa shape index (κ2) is 4.44. The minimum atomic E-state index is -0.312. The molecule has 3 rings (SSSR count). The molecule has 0 saturated heterocycles. The smallest absolute Gasteiger partial charge is 0.257 e. The van der Waals surface area contributed by atoms with Gasteiger partial charge in [0.05, 0.1) is 22.6 Å². The standard InChI is InChI=1S/C13H14N4O3/c1-6-12(7(2)17-16-6)15-13(18)8-3-10-11(4-9(8)14)20-5-19-10/h3-4H,5,14H2,1-2H3,(H,15,18)(H,16,17). The molecule has 0 aliphatic carbocycles. The molecule has 7 nitrogen and oxygen atoms in total. The monoisotopic (exact) mass is 274 g/mol. The summed E-state index contributed by atoms with van der Waals surface area (Å²) in [6.07, 6.45) is 0. The van der Waals surface area contributed by atoms with Gasteiger partial charge in [-0.15, -0.1) is 0 Å². The van der Waals surface area contributed by atoms with E-state index in [4.69, 9.17) is 15.2 Å². The second-order valence-electron chi connectivity index (χ2n) is 4.56. The van der Waals surface area contributed by atoms with Crippen LogP contribution in [-0.2, 0) is 0 Å². The molecule has 20 heavy (non-hydrogen) atoms. The number of rotatable bonds is 2. The number of H-pyrrole nitrogens is 1. The number of nitrogens with two attached hydrogens (primary N) is 1. The Kier molecular flexibility index (Phi) is 2.74. The van der Waals surface area contributed by atoms with Crippen molar-refractivity contribution in [1.82, 2.24) is 10.2 Å². The van der Waals surface area contributed by atoms with E-state index in [1.165, 1.54) is 0 Å². The SMILES string of the molecule is Cc1n[nH]c(C)c1NC(=O)c1cc2c(cc1N)OCO2. The van der Waals surface area contributed by atoms with E-state index in [0.29, 0.717) is 28.4 Å². The molecular weight excluding hydrogens is 260 g/mol. The third-order valence-electron chi connectivity index (χ3n) is 3.16. The summed E-state index contributed by atoms with van der Waals surface area (Å²) >= 11 is 0. The summed E-state index contributed by atoms with van der Waals surface area (Å²) in [6, 6.07) is 3.17. The van der Waals surface area contributed by atoms with Crippen molar-refractivity contribution in [1.29, 1.82) is 0 Å². The number of nitrogen functional groups attached to an aromatic ring is 1. The van der Waals surface area contributed by atoms with Crippen LogP contribution in [0, 0.1) is 13.8 Å². The molecule has 7 heteroatoms. The fraction of sp³-hybridized carbons (Fsp3) is 0.231.